The van der Waals surface area contributed by atoms with Crippen LogP contribution in [0.5, 0.6) is 0 Å². The number of aryl methyl sites for hydroxylation is 3. The van der Waals surface area contributed by atoms with Crippen molar-refractivity contribution in [1.82, 2.24) is 0 Å². The Morgan fingerprint density at radius 2 is 0.970 bits per heavy atom. The van der Waals surface area contributed by atoms with E-state index in [4.69, 9.17) is 0 Å². The molecule has 0 aliphatic carbocycles. The van der Waals surface area contributed by atoms with Gasteiger partial charge < -0.3 is 4.57 Å². The lowest BCUT2D eigenvalue weighted by Gasteiger charge is -2.24. The Balaban J connectivity index is 2.25. The predicted octanol–water partition coefficient (Wildman–Crippen LogP) is 7.36. The summed E-state index contributed by atoms with van der Waals surface area (Å²) < 4.78 is 14.9. The molecule has 0 saturated carbocycles. The van der Waals surface area contributed by atoms with Gasteiger partial charge in [0, 0.05) is 16.2 Å². The Bertz CT molecular complexity index is 1130. The topological polar surface area (TPSA) is 34.1 Å². The van der Waals surface area contributed by atoms with Crippen molar-refractivity contribution < 1.29 is 9.36 Å². The third-order valence-corrected chi connectivity index (χ3v) is 9.22. The third kappa shape index (κ3) is 4.92. The highest BCUT2D eigenvalue weighted by Crippen LogP contribution is 2.48. The first-order chi connectivity index (χ1) is 15.2. The molecule has 174 valence electrons. The second-order valence-corrected chi connectivity index (χ2v) is 13.9. The first kappa shape index (κ1) is 25.2. The van der Waals surface area contributed by atoms with E-state index in [1.54, 1.807) is 0 Å². The largest absolute Gasteiger partial charge is 0.305 e. The van der Waals surface area contributed by atoms with Gasteiger partial charge in [-0.25, -0.2) is 0 Å². The molecule has 33 heavy (non-hydrogen) atoms. The molecule has 0 amide bonds. The minimum Gasteiger partial charge on any atom is -0.305 e. The molecule has 0 N–H and O–H groups in total. The van der Waals surface area contributed by atoms with E-state index in [0.717, 1.165) is 27.8 Å². The highest BCUT2D eigenvalue weighted by Gasteiger charge is 2.38. The van der Waals surface area contributed by atoms with Crippen LogP contribution in [0.4, 0.5) is 0 Å². The summed E-state index contributed by atoms with van der Waals surface area (Å²) in [5.41, 5.74) is 5.38. The van der Waals surface area contributed by atoms with Crippen LogP contribution >= 0.6 is 7.14 Å². The maximum Gasteiger partial charge on any atom is 0.230 e. The average molecular weight is 461 g/mol. The third-order valence-electron chi connectivity index (χ3n) is 6.37. The van der Waals surface area contributed by atoms with Crippen LogP contribution in [-0.4, -0.2) is 5.52 Å². The zero-order valence-corrected chi connectivity index (χ0v) is 22.4. The highest BCUT2D eigenvalue weighted by atomic mass is 31.2. The Morgan fingerprint density at radius 3 is 1.27 bits per heavy atom. The van der Waals surface area contributed by atoms with E-state index < -0.39 is 7.14 Å². The van der Waals surface area contributed by atoms with Crippen LogP contribution in [0, 0.1) is 20.8 Å². The molecule has 0 heterocycles. The standard InChI is InChI=1S/C30H37O2P/c1-20-18-21(2)27(22(3)19-20)28(31)33(32,25-14-10-23(11-15-25)29(4,5)6)26-16-12-24(13-17-26)30(7,8)9/h10-19H,1-9H3. The molecule has 3 rings (SSSR count). The molecule has 2 nitrogen and oxygen atoms in total. The van der Waals surface area contributed by atoms with Crippen LogP contribution < -0.4 is 10.6 Å². The monoisotopic (exact) mass is 460 g/mol. The Hall–Kier alpha value is -2.44. The fourth-order valence-electron chi connectivity index (χ4n) is 4.40. The fourth-order valence-corrected chi connectivity index (χ4v) is 6.97. The van der Waals surface area contributed by atoms with E-state index in [-0.39, 0.29) is 16.4 Å². The predicted molar refractivity (Wildman–Crippen MR) is 142 cm³/mol. The first-order valence-electron chi connectivity index (χ1n) is 11.6. The van der Waals surface area contributed by atoms with Gasteiger partial charge >= 0.3 is 0 Å². The Morgan fingerprint density at radius 1 is 0.636 bits per heavy atom. The van der Waals surface area contributed by atoms with E-state index in [1.165, 1.54) is 0 Å². The zero-order chi connectivity index (χ0) is 24.8. The molecule has 0 fully saturated rings. The van der Waals surface area contributed by atoms with Gasteiger partial charge in [0.15, 0.2) is 0 Å². The lowest BCUT2D eigenvalue weighted by molar-refractivity contribution is 0.107. The first-order valence-corrected chi connectivity index (χ1v) is 13.3. The number of carbonyl (C=O) groups excluding carboxylic acids is 1. The molecule has 0 atom stereocenters. The van der Waals surface area contributed by atoms with Gasteiger partial charge in [0.25, 0.3) is 0 Å². The molecule has 0 aromatic heterocycles. The summed E-state index contributed by atoms with van der Waals surface area (Å²) in [7, 11) is -3.59. The smallest absolute Gasteiger partial charge is 0.230 e. The van der Waals surface area contributed by atoms with E-state index >= 15 is 0 Å². The van der Waals surface area contributed by atoms with E-state index in [1.807, 2.05) is 81.4 Å². The second-order valence-electron chi connectivity index (χ2n) is 11.3. The van der Waals surface area contributed by atoms with Crippen LogP contribution in [0.25, 0.3) is 0 Å². The van der Waals surface area contributed by atoms with Gasteiger partial charge in [0.1, 0.15) is 0 Å². The molecule has 0 spiro atoms. The number of benzene rings is 3. The highest BCUT2D eigenvalue weighted by molar-refractivity contribution is 7.93. The molecule has 0 aliphatic heterocycles. The van der Waals surface area contributed by atoms with Gasteiger partial charge in [-0.3, -0.25) is 4.79 Å². The molecular formula is C30H37O2P. The molecule has 3 aromatic rings. The summed E-state index contributed by atoms with van der Waals surface area (Å²) in [6.07, 6.45) is 0. The van der Waals surface area contributed by atoms with E-state index in [2.05, 4.69) is 41.5 Å². The minimum atomic E-state index is -3.59. The van der Waals surface area contributed by atoms with Crippen LogP contribution in [-0.2, 0) is 15.4 Å². The lowest BCUT2D eigenvalue weighted by atomic mass is 9.87. The van der Waals surface area contributed by atoms with Gasteiger partial charge in [0.05, 0.1) is 0 Å². The van der Waals surface area contributed by atoms with Crippen molar-refractivity contribution in [3.63, 3.8) is 0 Å². The van der Waals surface area contributed by atoms with E-state index in [0.29, 0.717) is 16.2 Å². The molecule has 0 unspecified atom stereocenters. The molecule has 3 heteroatoms. The number of rotatable bonds is 4. The molecule has 0 radical (unpaired) electrons. The lowest BCUT2D eigenvalue weighted by Crippen LogP contribution is -2.25. The van der Waals surface area contributed by atoms with Gasteiger partial charge in [-0.15, -0.1) is 0 Å². The molecule has 0 aliphatic rings. The van der Waals surface area contributed by atoms with Crippen molar-refractivity contribution in [1.29, 1.82) is 0 Å². The number of hydrogen-bond donors (Lipinski definition) is 0. The Labute approximate surface area is 199 Å². The van der Waals surface area contributed by atoms with Crippen molar-refractivity contribution >= 4 is 23.3 Å². The van der Waals surface area contributed by atoms with Gasteiger partial charge in [0.2, 0.25) is 12.7 Å². The van der Waals surface area contributed by atoms with Crippen LogP contribution in [0.15, 0.2) is 60.7 Å². The summed E-state index contributed by atoms with van der Waals surface area (Å²) in [5.74, 6) is 0. The van der Waals surface area contributed by atoms with Crippen molar-refractivity contribution in [3.8, 4) is 0 Å². The fraction of sp³-hybridized carbons (Fsp3) is 0.367. The zero-order valence-electron chi connectivity index (χ0n) is 21.5. The summed E-state index contributed by atoms with van der Waals surface area (Å²) in [6, 6.07) is 19.6. The second kappa shape index (κ2) is 8.73. The van der Waals surface area contributed by atoms with Crippen LogP contribution in [0.3, 0.4) is 0 Å². The van der Waals surface area contributed by atoms with Gasteiger partial charge in [-0.05, 0) is 53.9 Å². The minimum absolute atomic E-state index is 0.0228. The quantitative estimate of drug-likeness (QED) is 0.381. The summed E-state index contributed by atoms with van der Waals surface area (Å²) in [6.45, 7) is 18.8. The van der Waals surface area contributed by atoms with Gasteiger partial charge in [-0.1, -0.05) is 108 Å². The summed E-state index contributed by atoms with van der Waals surface area (Å²) in [4.78, 5) is 14.1. The number of carbonyl (C=O) groups is 1. The molecule has 3 aromatic carbocycles. The summed E-state index contributed by atoms with van der Waals surface area (Å²) in [5, 5.41) is 1.17. The number of hydrogen-bond acceptors (Lipinski definition) is 2. The molecular weight excluding hydrogens is 423 g/mol. The maximum atomic E-state index is 14.9. The Kier molecular flexibility index (Phi) is 6.66. The van der Waals surface area contributed by atoms with Crippen molar-refractivity contribution in [3.05, 3.63) is 94.0 Å². The van der Waals surface area contributed by atoms with Crippen molar-refractivity contribution in [2.24, 2.45) is 0 Å². The van der Waals surface area contributed by atoms with Crippen molar-refractivity contribution in [2.45, 2.75) is 73.1 Å². The average Bonchev–Trinajstić information content (AvgIpc) is 2.71. The summed E-state index contributed by atoms with van der Waals surface area (Å²) >= 11 is 0. The van der Waals surface area contributed by atoms with Crippen LogP contribution in [0.2, 0.25) is 0 Å². The van der Waals surface area contributed by atoms with Crippen LogP contribution in [0.1, 0.15) is 79.7 Å². The normalized spacial score (nSPS) is 12.6. The van der Waals surface area contributed by atoms with Crippen molar-refractivity contribution in [2.75, 3.05) is 0 Å². The maximum absolute atomic E-state index is 14.9. The molecule has 0 saturated heterocycles. The van der Waals surface area contributed by atoms with E-state index in [9.17, 15) is 9.36 Å². The molecule has 0 bridgehead atoms. The SMILES string of the molecule is Cc1cc(C)c(C(=O)P(=O)(c2ccc(C(C)(C)C)cc2)c2ccc(C(C)(C)C)cc2)c(C)c1. The van der Waals surface area contributed by atoms with Gasteiger partial charge in [-0.2, -0.15) is 0 Å².